The third-order valence-electron chi connectivity index (χ3n) is 5.14. The van der Waals surface area contributed by atoms with Gasteiger partial charge in [0, 0.05) is 25.2 Å². The Hall–Kier alpha value is -3.60. The van der Waals surface area contributed by atoms with Gasteiger partial charge in [-0.05, 0) is 37.3 Å². The van der Waals surface area contributed by atoms with Crippen LogP contribution in [0.5, 0.6) is 17.4 Å². The summed E-state index contributed by atoms with van der Waals surface area (Å²) in [5, 5.41) is 23.1. The zero-order chi connectivity index (χ0) is 21.3. The van der Waals surface area contributed by atoms with Gasteiger partial charge in [-0.3, -0.25) is 0 Å². The lowest BCUT2D eigenvalue weighted by atomic mass is 9.84. The highest BCUT2D eigenvalue weighted by molar-refractivity contribution is 5.53. The van der Waals surface area contributed by atoms with Crippen molar-refractivity contribution < 1.29 is 9.84 Å². The van der Waals surface area contributed by atoms with Crippen LogP contribution in [0.1, 0.15) is 38.1 Å². The Kier molecular flexibility index (Phi) is 5.04. The second-order valence-electron chi connectivity index (χ2n) is 8.34. The van der Waals surface area contributed by atoms with Crippen LogP contribution < -0.4 is 9.64 Å². The molecule has 1 aromatic carbocycles. The molecular formula is C22H24N6O2. The molecule has 0 saturated carbocycles. The number of hydrogen-bond acceptors (Lipinski definition) is 7. The van der Waals surface area contributed by atoms with E-state index in [0.717, 1.165) is 25.3 Å². The van der Waals surface area contributed by atoms with Gasteiger partial charge in [0.2, 0.25) is 5.88 Å². The number of nitrogens with zero attached hydrogens (tertiary/aromatic N) is 6. The Morgan fingerprint density at radius 2 is 2.07 bits per heavy atom. The van der Waals surface area contributed by atoms with Crippen molar-refractivity contribution in [1.82, 2.24) is 19.7 Å². The summed E-state index contributed by atoms with van der Waals surface area (Å²) in [6.45, 7) is 8.24. The van der Waals surface area contributed by atoms with Gasteiger partial charge in [0.05, 0.1) is 24.0 Å². The number of aryl methyl sites for hydroxylation is 1. The van der Waals surface area contributed by atoms with Crippen LogP contribution in [0.3, 0.4) is 0 Å². The van der Waals surface area contributed by atoms with E-state index < -0.39 is 0 Å². The third-order valence-corrected chi connectivity index (χ3v) is 5.14. The zero-order valence-corrected chi connectivity index (χ0v) is 17.3. The molecule has 8 nitrogen and oxygen atoms in total. The van der Waals surface area contributed by atoms with Crippen molar-refractivity contribution in [3.05, 3.63) is 48.0 Å². The van der Waals surface area contributed by atoms with E-state index in [0.29, 0.717) is 28.7 Å². The Balaban J connectivity index is 1.69. The predicted octanol–water partition coefficient (Wildman–Crippen LogP) is 3.97. The van der Waals surface area contributed by atoms with Gasteiger partial charge in [0.15, 0.2) is 11.5 Å². The fraction of sp³-hybridized carbons (Fsp3) is 0.364. The molecular weight excluding hydrogens is 380 g/mol. The lowest BCUT2D eigenvalue weighted by molar-refractivity contribution is 0.291. The highest BCUT2D eigenvalue weighted by atomic mass is 16.5. The van der Waals surface area contributed by atoms with E-state index in [2.05, 4.69) is 39.9 Å². The molecule has 2 aromatic heterocycles. The number of aromatic nitrogens is 4. The van der Waals surface area contributed by atoms with E-state index in [1.165, 1.54) is 23.5 Å². The topological polar surface area (TPSA) is 100 Å². The van der Waals surface area contributed by atoms with Crippen LogP contribution in [0.25, 0.3) is 5.69 Å². The lowest BCUT2D eigenvalue weighted by Crippen LogP contribution is -2.40. The van der Waals surface area contributed by atoms with Gasteiger partial charge in [-0.2, -0.15) is 15.3 Å². The first kappa shape index (κ1) is 19.7. The average molecular weight is 404 g/mol. The summed E-state index contributed by atoms with van der Waals surface area (Å²) in [4.78, 5) is 11.3. The molecule has 1 aliphatic rings. The van der Waals surface area contributed by atoms with Crippen LogP contribution in [0.15, 0.2) is 36.7 Å². The molecule has 30 heavy (non-hydrogen) atoms. The quantitative estimate of drug-likeness (QED) is 0.702. The van der Waals surface area contributed by atoms with Gasteiger partial charge in [0.25, 0.3) is 0 Å². The first-order valence-electron chi connectivity index (χ1n) is 9.90. The molecule has 0 radical (unpaired) electrons. The molecule has 0 bridgehead atoms. The van der Waals surface area contributed by atoms with Crippen LogP contribution in [0.4, 0.5) is 5.82 Å². The van der Waals surface area contributed by atoms with Crippen molar-refractivity contribution in [1.29, 1.82) is 5.26 Å². The summed E-state index contributed by atoms with van der Waals surface area (Å²) in [6.07, 6.45) is 5.12. The van der Waals surface area contributed by atoms with Crippen molar-refractivity contribution in [2.24, 2.45) is 5.41 Å². The molecule has 1 fully saturated rings. The normalized spacial score (nSPS) is 15.6. The summed E-state index contributed by atoms with van der Waals surface area (Å²) in [7, 11) is 0. The Morgan fingerprint density at radius 3 is 2.77 bits per heavy atom. The SMILES string of the molecule is Cc1nc(Oc2cc(C#N)ccc2-n2cc(O)cn2)cc(N2CCCC(C)(C)C2)n1. The van der Waals surface area contributed by atoms with E-state index >= 15 is 0 Å². The van der Waals surface area contributed by atoms with Crippen molar-refractivity contribution in [3.63, 3.8) is 0 Å². The maximum atomic E-state index is 9.65. The first-order valence-corrected chi connectivity index (χ1v) is 9.90. The van der Waals surface area contributed by atoms with Gasteiger partial charge >= 0.3 is 0 Å². The maximum absolute atomic E-state index is 9.65. The summed E-state index contributed by atoms with van der Waals surface area (Å²) < 4.78 is 7.60. The van der Waals surface area contributed by atoms with Crippen LogP contribution in [0.2, 0.25) is 0 Å². The number of nitriles is 1. The highest BCUT2D eigenvalue weighted by Crippen LogP contribution is 2.34. The summed E-state index contributed by atoms with van der Waals surface area (Å²) >= 11 is 0. The minimum Gasteiger partial charge on any atom is -0.505 e. The molecule has 4 rings (SSSR count). The summed E-state index contributed by atoms with van der Waals surface area (Å²) in [5.74, 6) is 2.30. The number of piperidine rings is 1. The molecule has 0 unspecified atom stereocenters. The fourth-order valence-corrected chi connectivity index (χ4v) is 3.77. The summed E-state index contributed by atoms with van der Waals surface area (Å²) in [5.41, 5.74) is 1.27. The Morgan fingerprint density at radius 1 is 1.23 bits per heavy atom. The third kappa shape index (κ3) is 4.20. The maximum Gasteiger partial charge on any atom is 0.224 e. The second kappa shape index (κ2) is 7.67. The molecule has 154 valence electrons. The van der Waals surface area contributed by atoms with Crippen molar-refractivity contribution in [2.45, 2.75) is 33.6 Å². The number of hydrogen-bond donors (Lipinski definition) is 1. The number of anilines is 1. The highest BCUT2D eigenvalue weighted by Gasteiger charge is 2.27. The van der Waals surface area contributed by atoms with E-state index in [1.54, 1.807) is 18.2 Å². The van der Waals surface area contributed by atoms with Gasteiger partial charge in [0.1, 0.15) is 17.3 Å². The van der Waals surface area contributed by atoms with E-state index in [1.807, 2.05) is 13.0 Å². The van der Waals surface area contributed by atoms with Crippen LogP contribution in [0, 0.1) is 23.7 Å². The Labute approximate surface area is 175 Å². The Bertz CT molecular complexity index is 1120. The lowest BCUT2D eigenvalue weighted by Gasteiger charge is -2.38. The molecule has 1 saturated heterocycles. The van der Waals surface area contributed by atoms with Gasteiger partial charge in [-0.1, -0.05) is 13.8 Å². The average Bonchev–Trinajstić information content (AvgIpc) is 3.12. The fourth-order valence-electron chi connectivity index (χ4n) is 3.77. The molecule has 0 amide bonds. The van der Waals surface area contributed by atoms with E-state index in [4.69, 9.17) is 4.74 Å². The van der Waals surface area contributed by atoms with Crippen LogP contribution >= 0.6 is 0 Å². The van der Waals surface area contributed by atoms with Crippen molar-refractivity contribution in [3.8, 4) is 29.1 Å². The van der Waals surface area contributed by atoms with Gasteiger partial charge < -0.3 is 14.7 Å². The van der Waals surface area contributed by atoms with E-state index in [-0.39, 0.29) is 11.2 Å². The molecule has 3 heterocycles. The molecule has 0 spiro atoms. The van der Waals surface area contributed by atoms with Crippen molar-refractivity contribution in [2.75, 3.05) is 18.0 Å². The molecule has 0 aliphatic carbocycles. The van der Waals surface area contributed by atoms with Gasteiger partial charge in [-0.25, -0.2) is 9.67 Å². The molecule has 0 atom stereocenters. The van der Waals surface area contributed by atoms with Crippen molar-refractivity contribution >= 4 is 5.82 Å². The molecule has 3 aromatic rings. The number of aromatic hydroxyl groups is 1. The van der Waals surface area contributed by atoms with Gasteiger partial charge in [-0.15, -0.1) is 0 Å². The predicted molar refractivity (Wildman–Crippen MR) is 112 cm³/mol. The summed E-state index contributed by atoms with van der Waals surface area (Å²) in [6, 6.07) is 8.98. The molecule has 1 aliphatic heterocycles. The molecule has 1 N–H and O–H groups in total. The smallest absolute Gasteiger partial charge is 0.224 e. The minimum atomic E-state index is 0.0400. The largest absolute Gasteiger partial charge is 0.505 e. The molecule has 8 heteroatoms. The second-order valence-corrected chi connectivity index (χ2v) is 8.34. The minimum absolute atomic E-state index is 0.0400. The van der Waals surface area contributed by atoms with Crippen LogP contribution in [-0.4, -0.2) is 37.9 Å². The monoisotopic (exact) mass is 404 g/mol. The zero-order valence-electron chi connectivity index (χ0n) is 17.3. The van der Waals surface area contributed by atoms with E-state index in [9.17, 15) is 10.4 Å². The number of rotatable bonds is 4. The standard InChI is InChI=1S/C22H24N6O2/c1-15-25-20(27-8-4-7-22(2,3)14-27)10-21(26-15)30-19-9-16(11-23)5-6-18(19)28-13-17(29)12-24-28/h5-6,9-10,12-13,29H,4,7-8,14H2,1-3H3. The number of ether oxygens (including phenoxy) is 1. The first-order chi connectivity index (χ1) is 14.3. The van der Waals surface area contributed by atoms with Crippen LogP contribution in [-0.2, 0) is 0 Å². The number of benzene rings is 1.